The Hall–Kier alpha value is -3.30. The van der Waals surface area contributed by atoms with Crippen molar-refractivity contribution < 1.29 is 14.3 Å². The number of aryl methyl sites for hydroxylation is 1. The molecule has 170 valence electrons. The lowest BCUT2D eigenvalue weighted by Crippen LogP contribution is -2.44. The van der Waals surface area contributed by atoms with Crippen LogP contribution < -0.4 is 10.6 Å². The van der Waals surface area contributed by atoms with Gasteiger partial charge in [0.05, 0.1) is 18.7 Å². The maximum Gasteiger partial charge on any atom is 0.337 e. The Labute approximate surface area is 200 Å². The molecule has 1 aliphatic heterocycles. The first-order valence-corrected chi connectivity index (χ1v) is 11.7. The molecule has 0 saturated heterocycles. The van der Waals surface area contributed by atoms with Crippen molar-refractivity contribution in [1.82, 2.24) is 25.4 Å². The van der Waals surface area contributed by atoms with Gasteiger partial charge in [-0.05, 0) is 50.2 Å². The van der Waals surface area contributed by atoms with E-state index in [9.17, 15) is 9.59 Å². The van der Waals surface area contributed by atoms with Crippen molar-refractivity contribution in [2.45, 2.75) is 19.0 Å². The molecule has 33 heavy (non-hydrogen) atoms. The maximum atomic E-state index is 12.3. The van der Waals surface area contributed by atoms with Crippen molar-refractivity contribution >= 4 is 35.4 Å². The number of nitrogens with one attached hydrogen (secondary N) is 2. The fourth-order valence-electron chi connectivity index (χ4n) is 3.28. The van der Waals surface area contributed by atoms with Gasteiger partial charge in [-0.3, -0.25) is 4.57 Å². The van der Waals surface area contributed by atoms with Gasteiger partial charge in [-0.15, -0.1) is 10.2 Å². The van der Waals surface area contributed by atoms with Crippen molar-refractivity contribution in [2.75, 3.05) is 18.9 Å². The summed E-state index contributed by atoms with van der Waals surface area (Å²) in [6.45, 7) is 4.13. The second kappa shape index (κ2) is 10.1. The van der Waals surface area contributed by atoms with Crippen molar-refractivity contribution in [1.29, 1.82) is 0 Å². The minimum atomic E-state index is -0.456. The Morgan fingerprint density at radius 3 is 2.58 bits per heavy atom. The third-order valence-corrected chi connectivity index (χ3v) is 6.16. The molecular formula is C23H22ClN5O3S. The fraction of sp³-hybridized carbons (Fsp3) is 0.217. The number of carbonyl (C=O) groups excluding carboxylic acids is 2. The van der Waals surface area contributed by atoms with Crippen LogP contribution >= 0.6 is 23.4 Å². The minimum Gasteiger partial charge on any atom is -0.463 e. The Balaban J connectivity index is 1.70. The number of aromatic nitrogens is 3. The highest BCUT2D eigenvalue weighted by Crippen LogP contribution is 2.30. The summed E-state index contributed by atoms with van der Waals surface area (Å²) in [5, 5.41) is 15.4. The largest absolute Gasteiger partial charge is 0.463 e. The zero-order valence-corrected chi connectivity index (χ0v) is 19.7. The summed E-state index contributed by atoms with van der Waals surface area (Å²) in [6, 6.07) is 15.1. The first-order valence-electron chi connectivity index (χ1n) is 10.3. The van der Waals surface area contributed by atoms with Crippen LogP contribution in [-0.2, 0) is 9.53 Å². The summed E-state index contributed by atoms with van der Waals surface area (Å²) >= 11 is 7.43. The Morgan fingerprint density at radius 1 is 1.15 bits per heavy atom. The van der Waals surface area contributed by atoms with E-state index in [0.29, 0.717) is 33.0 Å². The number of esters is 1. The number of benzene rings is 2. The number of amides is 2. The van der Waals surface area contributed by atoms with Crippen LogP contribution in [0.15, 0.2) is 65.0 Å². The topological polar surface area (TPSA) is 98.1 Å². The maximum absolute atomic E-state index is 12.3. The summed E-state index contributed by atoms with van der Waals surface area (Å²) in [5.41, 5.74) is 3.78. The van der Waals surface area contributed by atoms with Gasteiger partial charge in [0.15, 0.2) is 11.0 Å². The van der Waals surface area contributed by atoms with Crippen LogP contribution in [-0.4, -0.2) is 45.7 Å². The number of urea groups is 1. The van der Waals surface area contributed by atoms with E-state index in [0.717, 1.165) is 16.8 Å². The van der Waals surface area contributed by atoms with Gasteiger partial charge in [0.25, 0.3) is 0 Å². The van der Waals surface area contributed by atoms with Gasteiger partial charge in [-0.25, -0.2) is 9.59 Å². The molecule has 0 unspecified atom stereocenters. The number of carbonyl (C=O) groups is 2. The number of hydrogen-bond acceptors (Lipinski definition) is 6. The lowest BCUT2D eigenvalue weighted by Gasteiger charge is -2.21. The molecule has 1 aromatic heterocycles. The van der Waals surface area contributed by atoms with Crippen molar-refractivity contribution in [3.8, 4) is 17.1 Å². The molecule has 0 bridgehead atoms. The van der Waals surface area contributed by atoms with Crippen LogP contribution in [0.3, 0.4) is 0 Å². The Kier molecular flexibility index (Phi) is 7.00. The third kappa shape index (κ3) is 5.20. The van der Waals surface area contributed by atoms with E-state index in [1.807, 2.05) is 47.9 Å². The first kappa shape index (κ1) is 22.9. The van der Waals surface area contributed by atoms with Gasteiger partial charge in [0.2, 0.25) is 0 Å². The molecule has 8 nitrogen and oxygen atoms in total. The van der Waals surface area contributed by atoms with Crippen molar-refractivity contribution in [2.24, 2.45) is 0 Å². The molecule has 2 N–H and O–H groups in total. The molecular weight excluding hydrogens is 462 g/mol. The minimum absolute atomic E-state index is 0.112. The van der Waals surface area contributed by atoms with E-state index >= 15 is 0 Å². The predicted octanol–water partition coefficient (Wildman–Crippen LogP) is 4.12. The highest BCUT2D eigenvalue weighted by Gasteiger charge is 2.25. The van der Waals surface area contributed by atoms with Crippen LogP contribution in [0.1, 0.15) is 12.5 Å². The lowest BCUT2D eigenvalue weighted by molar-refractivity contribution is -0.138. The second-order valence-corrected chi connectivity index (χ2v) is 8.64. The molecule has 1 aliphatic rings. The summed E-state index contributed by atoms with van der Waals surface area (Å²) in [5.74, 6) is 0.515. The van der Waals surface area contributed by atoms with E-state index in [2.05, 4.69) is 20.8 Å². The summed E-state index contributed by atoms with van der Waals surface area (Å²) in [6.07, 6.45) is 0. The number of rotatable bonds is 7. The monoisotopic (exact) mass is 483 g/mol. The van der Waals surface area contributed by atoms with Gasteiger partial charge < -0.3 is 15.4 Å². The van der Waals surface area contributed by atoms with Gasteiger partial charge in [-0.1, -0.05) is 41.1 Å². The second-order valence-electron chi connectivity index (χ2n) is 7.26. The SMILES string of the molecule is CCOC(=O)C1=C(CSc2nnc(-c3ccc(Cl)cc3)n2-c2ccc(C)cc2)NC(=O)NC1. The van der Waals surface area contributed by atoms with Gasteiger partial charge in [0.1, 0.15) is 0 Å². The molecule has 0 aliphatic carbocycles. The molecule has 0 fully saturated rings. The van der Waals surface area contributed by atoms with E-state index in [1.54, 1.807) is 19.1 Å². The smallest absolute Gasteiger partial charge is 0.337 e. The molecule has 4 rings (SSSR count). The highest BCUT2D eigenvalue weighted by atomic mass is 35.5. The fourth-order valence-corrected chi connectivity index (χ4v) is 4.35. The molecule has 3 aromatic rings. The van der Waals surface area contributed by atoms with Crippen molar-refractivity contribution in [3.05, 3.63) is 70.4 Å². The number of nitrogens with zero attached hydrogens (tertiary/aromatic N) is 3. The third-order valence-electron chi connectivity index (χ3n) is 4.95. The normalized spacial score (nSPS) is 13.5. The molecule has 2 heterocycles. The molecule has 0 radical (unpaired) electrons. The van der Waals surface area contributed by atoms with Crippen LogP contribution in [0, 0.1) is 6.92 Å². The molecule has 10 heteroatoms. The quantitative estimate of drug-likeness (QED) is 0.387. The number of thioether (sulfide) groups is 1. The van der Waals surface area contributed by atoms with E-state index in [1.165, 1.54) is 11.8 Å². The summed E-state index contributed by atoms with van der Waals surface area (Å²) in [7, 11) is 0. The molecule has 0 spiro atoms. The summed E-state index contributed by atoms with van der Waals surface area (Å²) in [4.78, 5) is 24.2. The van der Waals surface area contributed by atoms with Crippen LogP contribution in [0.2, 0.25) is 5.02 Å². The van der Waals surface area contributed by atoms with Crippen LogP contribution in [0.4, 0.5) is 4.79 Å². The number of ether oxygens (including phenoxy) is 1. The lowest BCUT2D eigenvalue weighted by atomic mass is 10.2. The van der Waals surface area contributed by atoms with Crippen LogP contribution in [0.25, 0.3) is 17.1 Å². The Bertz CT molecular complexity index is 1210. The van der Waals surface area contributed by atoms with Crippen LogP contribution in [0.5, 0.6) is 0 Å². The number of hydrogen-bond donors (Lipinski definition) is 2. The predicted molar refractivity (Wildman–Crippen MR) is 127 cm³/mol. The van der Waals surface area contributed by atoms with Gasteiger partial charge >= 0.3 is 12.0 Å². The average Bonchev–Trinajstić information content (AvgIpc) is 3.23. The Morgan fingerprint density at radius 2 is 1.88 bits per heavy atom. The zero-order chi connectivity index (χ0) is 23.4. The zero-order valence-electron chi connectivity index (χ0n) is 18.1. The van der Waals surface area contributed by atoms with Crippen molar-refractivity contribution in [3.63, 3.8) is 0 Å². The van der Waals surface area contributed by atoms with Gasteiger partial charge in [0, 0.05) is 27.7 Å². The standard InChI is InChI=1S/C23H22ClN5O3S/c1-3-32-21(30)18-12-25-22(31)26-19(18)13-33-23-28-27-20(15-6-8-16(24)9-7-15)29(23)17-10-4-14(2)5-11-17/h4-11H,3,12-13H2,1-2H3,(H2,25,26,31). The number of halogens is 1. The molecule has 0 atom stereocenters. The molecule has 2 amide bonds. The summed E-state index contributed by atoms with van der Waals surface area (Å²) < 4.78 is 7.08. The van der Waals surface area contributed by atoms with E-state index < -0.39 is 5.97 Å². The first-order chi connectivity index (χ1) is 16.0. The molecule has 0 saturated carbocycles. The average molecular weight is 484 g/mol. The van der Waals surface area contributed by atoms with E-state index in [-0.39, 0.29) is 19.2 Å². The van der Waals surface area contributed by atoms with E-state index in [4.69, 9.17) is 16.3 Å². The van der Waals surface area contributed by atoms with Gasteiger partial charge in [-0.2, -0.15) is 0 Å². The highest BCUT2D eigenvalue weighted by molar-refractivity contribution is 7.99. The molecule has 2 aromatic carbocycles.